The van der Waals surface area contributed by atoms with Gasteiger partial charge in [-0.15, -0.1) is 0 Å². The van der Waals surface area contributed by atoms with Crippen molar-refractivity contribution in [3.05, 3.63) is 56.5 Å². The molecule has 25 heavy (non-hydrogen) atoms. The summed E-state index contributed by atoms with van der Waals surface area (Å²) in [6.45, 7) is -0.336. The number of nitrogens with zero attached hydrogens (tertiary/aromatic N) is 1. The van der Waals surface area contributed by atoms with Gasteiger partial charge in [0.2, 0.25) is 0 Å². The van der Waals surface area contributed by atoms with E-state index in [0.29, 0.717) is 0 Å². The molecule has 0 saturated heterocycles. The molecule has 0 bridgehead atoms. The molecule has 0 radical (unpaired) electrons. The number of hydrogen-bond donors (Lipinski definition) is 1. The van der Waals surface area contributed by atoms with Crippen LogP contribution in [0.4, 0.5) is 5.69 Å². The van der Waals surface area contributed by atoms with Gasteiger partial charge in [0.05, 0.1) is 17.1 Å². The van der Waals surface area contributed by atoms with Gasteiger partial charge in [-0.25, -0.2) is 8.42 Å². The molecular formula is C15H11Cl4NO4S. The van der Waals surface area contributed by atoms with Gasteiger partial charge < -0.3 is 5.11 Å². The van der Waals surface area contributed by atoms with Gasteiger partial charge in [-0.1, -0.05) is 46.4 Å². The van der Waals surface area contributed by atoms with E-state index >= 15 is 0 Å². The van der Waals surface area contributed by atoms with Crippen molar-refractivity contribution < 1.29 is 18.3 Å². The first kappa shape index (κ1) is 20.1. The molecule has 0 aliphatic rings. The first-order valence-corrected chi connectivity index (χ1v) is 9.72. The Morgan fingerprint density at radius 2 is 1.56 bits per heavy atom. The normalized spacial score (nSPS) is 11.4. The van der Waals surface area contributed by atoms with Crippen LogP contribution >= 0.6 is 46.4 Å². The van der Waals surface area contributed by atoms with Crippen molar-refractivity contribution in [2.75, 3.05) is 10.8 Å². The predicted molar refractivity (Wildman–Crippen MR) is 99.7 cm³/mol. The highest BCUT2D eigenvalue weighted by Gasteiger charge is 2.28. The van der Waals surface area contributed by atoms with Crippen molar-refractivity contribution in [3.63, 3.8) is 0 Å². The van der Waals surface area contributed by atoms with Crippen molar-refractivity contribution in [1.29, 1.82) is 0 Å². The summed E-state index contributed by atoms with van der Waals surface area (Å²) in [7, 11) is -4.20. The van der Waals surface area contributed by atoms with Crippen molar-refractivity contribution in [2.45, 2.75) is 11.3 Å². The number of rotatable bonds is 6. The fourth-order valence-electron chi connectivity index (χ4n) is 2.06. The van der Waals surface area contributed by atoms with Gasteiger partial charge in [-0.05, 0) is 36.4 Å². The fourth-order valence-corrected chi connectivity index (χ4v) is 4.77. The van der Waals surface area contributed by atoms with E-state index in [1.54, 1.807) is 0 Å². The summed E-state index contributed by atoms with van der Waals surface area (Å²) in [4.78, 5) is 10.7. The highest BCUT2D eigenvalue weighted by molar-refractivity contribution is 7.93. The Morgan fingerprint density at radius 1 is 0.960 bits per heavy atom. The van der Waals surface area contributed by atoms with E-state index in [2.05, 4.69) is 0 Å². The molecule has 0 heterocycles. The first-order valence-electron chi connectivity index (χ1n) is 6.77. The average molecular weight is 443 g/mol. The third-order valence-electron chi connectivity index (χ3n) is 3.13. The summed E-state index contributed by atoms with van der Waals surface area (Å²) in [5, 5.41) is 9.47. The number of aliphatic carboxylic acids is 1. The molecule has 2 aromatic rings. The molecule has 2 aromatic carbocycles. The number of sulfonamides is 1. The van der Waals surface area contributed by atoms with E-state index in [9.17, 15) is 13.2 Å². The minimum atomic E-state index is -4.20. The number of carboxylic acids is 1. The van der Waals surface area contributed by atoms with Gasteiger partial charge in [0.1, 0.15) is 4.90 Å². The van der Waals surface area contributed by atoms with E-state index in [0.717, 1.165) is 4.31 Å². The van der Waals surface area contributed by atoms with Gasteiger partial charge in [-0.3, -0.25) is 9.10 Å². The highest BCUT2D eigenvalue weighted by Crippen LogP contribution is 2.33. The van der Waals surface area contributed by atoms with Crippen LogP contribution in [0.2, 0.25) is 20.1 Å². The maximum atomic E-state index is 13.0. The van der Waals surface area contributed by atoms with Crippen LogP contribution in [-0.2, 0) is 14.8 Å². The topological polar surface area (TPSA) is 74.7 Å². The summed E-state index contributed by atoms with van der Waals surface area (Å²) < 4.78 is 27.0. The lowest BCUT2D eigenvalue weighted by molar-refractivity contribution is -0.136. The molecular weight excluding hydrogens is 432 g/mol. The zero-order chi connectivity index (χ0) is 18.8. The van der Waals surface area contributed by atoms with E-state index in [4.69, 9.17) is 51.5 Å². The largest absolute Gasteiger partial charge is 0.481 e. The Kier molecular flexibility index (Phi) is 6.45. The Bertz CT molecular complexity index is 897. The number of carbonyl (C=O) groups is 1. The minimum Gasteiger partial charge on any atom is -0.481 e. The molecule has 134 valence electrons. The molecule has 5 nitrogen and oxygen atoms in total. The standard InChI is InChI=1S/C15H11Cl4NO4S/c16-9-1-2-13(19)14(8-9)25(23,24)20(4-3-15(21)22)12-6-10(17)5-11(18)7-12/h1-2,5-8H,3-4H2,(H,21,22). The second kappa shape index (κ2) is 8.01. The van der Waals surface area contributed by atoms with Crippen molar-refractivity contribution >= 4 is 68.1 Å². The molecule has 2 rings (SSSR count). The lowest BCUT2D eigenvalue weighted by Gasteiger charge is -2.25. The Balaban J connectivity index is 2.61. The lowest BCUT2D eigenvalue weighted by atomic mass is 10.3. The number of benzene rings is 2. The fraction of sp³-hybridized carbons (Fsp3) is 0.133. The zero-order valence-corrected chi connectivity index (χ0v) is 16.3. The summed E-state index contributed by atoms with van der Waals surface area (Å²) in [5.74, 6) is -1.16. The van der Waals surface area contributed by atoms with Crippen LogP contribution in [0.5, 0.6) is 0 Å². The average Bonchev–Trinajstić information content (AvgIpc) is 2.48. The second-order valence-corrected chi connectivity index (χ2v) is 8.47. The predicted octanol–water partition coefficient (Wildman–Crippen LogP) is 4.97. The van der Waals surface area contributed by atoms with E-state index < -0.39 is 22.4 Å². The van der Waals surface area contributed by atoms with Gasteiger partial charge in [0.15, 0.2) is 0 Å². The molecule has 0 aliphatic heterocycles. The second-order valence-electron chi connectivity index (χ2n) is 4.92. The zero-order valence-electron chi connectivity index (χ0n) is 12.4. The smallest absolute Gasteiger partial charge is 0.305 e. The van der Waals surface area contributed by atoms with Crippen LogP contribution in [0.3, 0.4) is 0 Å². The van der Waals surface area contributed by atoms with Gasteiger partial charge in [0.25, 0.3) is 10.0 Å². The Hall–Kier alpha value is -1.18. The number of hydrogen-bond acceptors (Lipinski definition) is 3. The van der Waals surface area contributed by atoms with Crippen LogP contribution in [0.15, 0.2) is 41.3 Å². The van der Waals surface area contributed by atoms with Crippen molar-refractivity contribution in [3.8, 4) is 0 Å². The SMILES string of the molecule is O=C(O)CCN(c1cc(Cl)cc(Cl)c1)S(=O)(=O)c1cc(Cl)ccc1Cl. The van der Waals surface area contributed by atoms with Crippen LogP contribution in [0.25, 0.3) is 0 Å². The molecule has 0 unspecified atom stereocenters. The van der Waals surface area contributed by atoms with E-state index in [1.165, 1.54) is 36.4 Å². The van der Waals surface area contributed by atoms with E-state index in [1.807, 2.05) is 0 Å². The molecule has 0 amide bonds. The number of anilines is 1. The first-order chi connectivity index (χ1) is 11.6. The monoisotopic (exact) mass is 441 g/mol. The third kappa shape index (κ3) is 4.92. The van der Waals surface area contributed by atoms with Crippen LogP contribution in [-0.4, -0.2) is 26.0 Å². The van der Waals surface area contributed by atoms with E-state index in [-0.39, 0.29) is 37.2 Å². The Morgan fingerprint density at radius 3 is 2.12 bits per heavy atom. The van der Waals surface area contributed by atoms with Crippen LogP contribution < -0.4 is 4.31 Å². The molecule has 0 spiro atoms. The molecule has 0 aromatic heterocycles. The van der Waals surface area contributed by atoms with Crippen LogP contribution in [0, 0.1) is 0 Å². The molecule has 0 aliphatic carbocycles. The minimum absolute atomic E-state index is 0.0437. The molecule has 0 atom stereocenters. The number of halogens is 4. The molecule has 0 saturated carbocycles. The quantitative estimate of drug-likeness (QED) is 0.685. The van der Waals surface area contributed by atoms with Gasteiger partial charge in [0, 0.05) is 21.6 Å². The lowest BCUT2D eigenvalue weighted by Crippen LogP contribution is -2.33. The molecule has 10 heteroatoms. The Labute approximate surface area is 164 Å². The highest BCUT2D eigenvalue weighted by atomic mass is 35.5. The van der Waals surface area contributed by atoms with Gasteiger partial charge >= 0.3 is 5.97 Å². The molecule has 1 N–H and O–H groups in total. The number of carboxylic acid groups (broad SMARTS) is 1. The maximum Gasteiger partial charge on any atom is 0.305 e. The third-order valence-corrected chi connectivity index (χ3v) is 6.11. The summed E-state index contributed by atoms with van der Waals surface area (Å²) >= 11 is 23.8. The summed E-state index contributed by atoms with van der Waals surface area (Å²) in [6, 6.07) is 8.15. The van der Waals surface area contributed by atoms with Crippen molar-refractivity contribution in [1.82, 2.24) is 0 Å². The summed E-state index contributed by atoms with van der Waals surface area (Å²) in [5.41, 5.74) is 0.120. The molecule has 0 fully saturated rings. The van der Waals surface area contributed by atoms with Gasteiger partial charge in [-0.2, -0.15) is 0 Å². The summed E-state index contributed by atoms with van der Waals surface area (Å²) in [6.07, 6.45) is -0.429. The van der Waals surface area contributed by atoms with Crippen LogP contribution in [0.1, 0.15) is 6.42 Å². The van der Waals surface area contributed by atoms with Crippen molar-refractivity contribution in [2.24, 2.45) is 0 Å². The maximum absolute atomic E-state index is 13.0.